The molecule has 3 aliphatic rings. The lowest BCUT2D eigenvalue weighted by molar-refractivity contribution is -0.0407. The van der Waals surface area contributed by atoms with Crippen LogP contribution in [0.3, 0.4) is 0 Å². The molecule has 0 atom stereocenters. The Morgan fingerprint density at radius 3 is 2.60 bits per heavy atom. The number of hydrogen-bond acceptors (Lipinski definition) is 4. The molecule has 5 nitrogen and oxygen atoms in total. The van der Waals surface area contributed by atoms with Crippen LogP contribution in [-0.4, -0.2) is 14.7 Å². The van der Waals surface area contributed by atoms with Crippen LogP contribution < -0.4 is 11.1 Å². The normalized spacial score (nSPS) is 16.1. The number of hydrogen-bond donors (Lipinski definition) is 0. The average molecular weight is 356 g/mol. The van der Waals surface area contributed by atoms with E-state index in [9.17, 15) is 9.59 Å². The van der Waals surface area contributed by atoms with Crippen LogP contribution in [0.15, 0.2) is 39.9 Å². The van der Waals surface area contributed by atoms with Crippen molar-refractivity contribution in [3.05, 3.63) is 77.1 Å². The van der Waals surface area contributed by atoms with Gasteiger partial charge in [-0.05, 0) is 19.4 Å². The third-order valence-corrected chi connectivity index (χ3v) is 5.91. The van der Waals surface area contributed by atoms with Gasteiger partial charge in [-0.3, -0.25) is 14.2 Å². The van der Waals surface area contributed by atoms with E-state index in [0.717, 1.165) is 16.1 Å². The first kappa shape index (κ1) is 16.3. The van der Waals surface area contributed by atoms with Gasteiger partial charge in [0.1, 0.15) is 9.88 Å². The zero-order valence-electron chi connectivity index (χ0n) is 14.5. The van der Waals surface area contributed by atoms with Gasteiger partial charge in [-0.25, -0.2) is 0 Å². The van der Waals surface area contributed by atoms with Crippen molar-refractivity contribution in [3.8, 4) is 0 Å². The number of nitrogens with zero attached hydrogens (tertiary/aromatic N) is 2. The van der Waals surface area contributed by atoms with E-state index in [2.05, 4.69) is 13.8 Å². The third-order valence-electron chi connectivity index (χ3n) is 4.73. The minimum atomic E-state index is -0.288. The maximum absolute atomic E-state index is 12.7. The van der Waals surface area contributed by atoms with Gasteiger partial charge in [-0.2, -0.15) is 0 Å². The summed E-state index contributed by atoms with van der Waals surface area (Å²) in [4.78, 5) is 26.2. The molecule has 25 heavy (non-hydrogen) atoms. The molecule has 4 rings (SSSR count). The van der Waals surface area contributed by atoms with Crippen LogP contribution in [0.1, 0.15) is 30.0 Å². The van der Waals surface area contributed by atoms with E-state index in [-0.39, 0.29) is 16.7 Å². The summed E-state index contributed by atoms with van der Waals surface area (Å²) < 4.78 is 9.69. The van der Waals surface area contributed by atoms with E-state index in [1.54, 1.807) is 7.05 Å². The van der Waals surface area contributed by atoms with Gasteiger partial charge in [0.05, 0.1) is 17.1 Å². The molecule has 6 heteroatoms. The van der Waals surface area contributed by atoms with E-state index in [0.29, 0.717) is 29.5 Å². The van der Waals surface area contributed by atoms with Crippen LogP contribution in [0.25, 0.3) is 0 Å². The van der Waals surface area contributed by atoms with Crippen LogP contribution in [-0.2, 0) is 31.4 Å². The van der Waals surface area contributed by atoms with Crippen molar-refractivity contribution in [2.24, 2.45) is 7.05 Å². The predicted molar refractivity (Wildman–Crippen MR) is 97.2 cm³/mol. The van der Waals surface area contributed by atoms with E-state index >= 15 is 0 Å². The summed E-state index contributed by atoms with van der Waals surface area (Å²) in [5, 5.41) is 0.512. The molecule has 0 aliphatic carbocycles. The maximum Gasteiger partial charge on any atom is 0.278 e. The summed E-state index contributed by atoms with van der Waals surface area (Å²) in [6.45, 7) is 5.15. The molecule has 1 aromatic rings. The first-order valence-electron chi connectivity index (χ1n) is 8.29. The van der Waals surface area contributed by atoms with Gasteiger partial charge in [0.15, 0.2) is 0 Å². The highest BCUT2D eigenvalue weighted by Crippen LogP contribution is 2.30. The Labute approximate surface area is 148 Å². The van der Waals surface area contributed by atoms with Crippen LogP contribution in [0.4, 0.5) is 0 Å². The zero-order valence-corrected chi connectivity index (χ0v) is 15.4. The summed E-state index contributed by atoms with van der Waals surface area (Å²) in [5.41, 5.74) is 1.47. The lowest BCUT2D eigenvalue weighted by Gasteiger charge is -2.33. The van der Waals surface area contributed by atoms with Crippen molar-refractivity contribution in [1.82, 2.24) is 9.13 Å². The molecule has 0 bridgehead atoms. The molecule has 3 aliphatic heterocycles. The van der Waals surface area contributed by atoms with E-state index in [1.807, 2.05) is 34.9 Å². The highest BCUT2D eigenvalue weighted by molar-refractivity contribution is 7.09. The SMILES string of the molecule is Cn1c(=O)c2sc3c(n(Cc4ccccc4)c=2c1=O)CC(C)(C)OC3. The van der Waals surface area contributed by atoms with Gasteiger partial charge in [0.2, 0.25) is 0 Å². The van der Waals surface area contributed by atoms with Crippen molar-refractivity contribution < 1.29 is 4.74 Å². The molecule has 0 aromatic heterocycles. The molecule has 0 fully saturated rings. The Kier molecular flexibility index (Phi) is 3.70. The summed E-state index contributed by atoms with van der Waals surface area (Å²) >= 11 is 1.40. The highest BCUT2D eigenvalue weighted by atomic mass is 32.1. The Hall–Kier alpha value is -2.18. The van der Waals surface area contributed by atoms with Crippen molar-refractivity contribution in [2.45, 2.75) is 39.0 Å². The zero-order chi connectivity index (χ0) is 17.8. The topological polar surface area (TPSA) is 53.2 Å². The first-order chi connectivity index (χ1) is 11.9. The summed E-state index contributed by atoms with van der Waals surface area (Å²) in [6, 6.07) is 10.0. The third kappa shape index (κ3) is 2.65. The van der Waals surface area contributed by atoms with Crippen LogP contribution in [0.5, 0.6) is 0 Å². The molecule has 130 valence electrons. The van der Waals surface area contributed by atoms with Crippen LogP contribution in [0.2, 0.25) is 0 Å². The predicted octanol–water partition coefficient (Wildman–Crippen LogP) is 2.23. The van der Waals surface area contributed by atoms with Crippen molar-refractivity contribution in [3.63, 3.8) is 0 Å². The fourth-order valence-electron chi connectivity index (χ4n) is 3.36. The standard InChI is InChI=1S/C19H20N2O3S/c1-19(2)9-13-14(11-24-19)25-16-15(17(22)20(3)18(16)23)21(13)10-12-7-5-4-6-8-12/h4-8H,9-11H2,1-3H3. The fraction of sp³-hybridized carbons (Fsp3) is 0.368. The van der Waals surface area contributed by atoms with Crippen molar-refractivity contribution in [2.75, 3.05) is 0 Å². The Morgan fingerprint density at radius 2 is 1.88 bits per heavy atom. The molecule has 0 radical (unpaired) electrons. The summed E-state index contributed by atoms with van der Waals surface area (Å²) in [5.74, 6) is 0. The van der Waals surface area contributed by atoms with E-state index in [1.165, 1.54) is 15.9 Å². The molecule has 0 saturated carbocycles. The van der Waals surface area contributed by atoms with E-state index < -0.39 is 0 Å². The summed E-state index contributed by atoms with van der Waals surface area (Å²) in [7, 11) is 1.55. The first-order valence-corrected chi connectivity index (χ1v) is 9.11. The smallest absolute Gasteiger partial charge is 0.278 e. The largest absolute Gasteiger partial charge is 0.370 e. The monoisotopic (exact) mass is 356 g/mol. The maximum atomic E-state index is 12.7. The molecule has 0 saturated heterocycles. The molecule has 0 N–H and O–H groups in total. The molecule has 0 amide bonds. The minimum absolute atomic E-state index is 0.223. The Morgan fingerprint density at radius 1 is 1.16 bits per heavy atom. The number of benzene rings is 1. The van der Waals surface area contributed by atoms with Crippen molar-refractivity contribution in [1.29, 1.82) is 0 Å². The van der Waals surface area contributed by atoms with Gasteiger partial charge < -0.3 is 9.30 Å². The number of rotatable bonds is 2. The van der Waals surface area contributed by atoms with Gasteiger partial charge in [-0.15, -0.1) is 11.3 Å². The Bertz CT molecular complexity index is 1120. The molecule has 0 unspecified atom stereocenters. The second kappa shape index (κ2) is 5.68. The average Bonchev–Trinajstić information content (AvgIpc) is 2.80. The van der Waals surface area contributed by atoms with Crippen LogP contribution in [0, 0.1) is 9.88 Å². The minimum Gasteiger partial charge on any atom is -0.370 e. The highest BCUT2D eigenvalue weighted by Gasteiger charge is 2.30. The fourth-order valence-corrected chi connectivity index (χ4v) is 4.54. The molecular weight excluding hydrogens is 336 g/mol. The Balaban J connectivity index is 2.07. The second-order valence-corrected chi connectivity index (χ2v) is 8.22. The summed E-state index contributed by atoms with van der Waals surface area (Å²) in [6.07, 6.45) is 0.712. The van der Waals surface area contributed by atoms with Gasteiger partial charge in [0, 0.05) is 25.7 Å². The lowest BCUT2D eigenvalue weighted by Crippen LogP contribution is -2.34. The second-order valence-electron chi connectivity index (χ2n) is 7.12. The quantitative estimate of drug-likeness (QED) is 0.708. The molecule has 3 heterocycles. The number of ether oxygens (including phenoxy) is 1. The number of aromatic nitrogens is 2. The molecule has 0 spiro atoms. The van der Waals surface area contributed by atoms with Crippen molar-refractivity contribution >= 4 is 11.3 Å². The number of fused-ring (bicyclic) bond motifs is 1. The molecule has 1 aromatic carbocycles. The van der Waals surface area contributed by atoms with Gasteiger partial charge in [-0.1, -0.05) is 30.3 Å². The molecular formula is C19H20N2O3S. The van der Waals surface area contributed by atoms with Gasteiger partial charge >= 0.3 is 0 Å². The van der Waals surface area contributed by atoms with Gasteiger partial charge in [0.25, 0.3) is 11.1 Å². The van der Waals surface area contributed by atoms with E-state index in [4.69, 9.17) is 4.74 Å². The lowest BCUT2D eigenvalue weighted by atomic mass is 9.99. The van der Waals surface area contributed by atoms with Crippen LogP contribution >= 0.6 is 11.3 Å².